The van der Waals surface area contributed by atoms with E-state index in [-0.39, 0.29) is 11.7 Å². The highest BCUT2D eigenvalue weighted by molar-refractivity contribution is 6.31. The first-order valence-electron chi connectivity index (χ1n) is 5.46. The van der Waals surface area contributed by atoms with Crippen molar-refractivity contribution in [3.8, 4) is 0 Å². The third-order valence-corrected chi connectivity index (χ3v) is 3.24. The molecule has 86 valence electrons. The summed E-state index contributed by atoms with van der Waals surface area (Å²) in [6, 6.07) is 1.81. The smallest absolute Gasteiger partial charge is 0.140 e. The number of pyridine rings is 1. The van der Waals surface area contributed by atoms with E-state index in [9.17, 15) is 4.79 Å². The molecule has 0 radical (unpaired) electrons. The van der Waals surface area contributed by atoms with Gasteiger partial charge < -0.3 is 4.74 Å². The highest BCUT2D eigenvalue weighted by Gasteiger charge is 2.21. The summed E-state index contributed by atoms with van der Waals surface area (Å²) in [5.41, 5.74) is 0.869. The summed E-state index contributed by atoms with van der Waals surface area (Å²) < 4.78 is 5.24. The number of aromatic nitrogens is 1. The first kappa shape index (κ1) is 11.6. The fourth-order valence-electron chi connectivity index (χ4n) is 1.90. The van der Waals surface area contributed by atoms with Gasteiger partial charge in [0.2, 0.25) is 0 Å². The van der Waals surface area contributed by atoms with Crippen molar-refractivity contribution in [3.63, 3.8) is 0 Å². The lowest BCUT2D eigenvalue weighted by Crippen LogP contribution is -2.24. The lowest BCUT2D eigenvalue weighted by Gasteiger charge is -2.20. The van der Waals surface area contributed by atoms with Gasteiger partial charge in [0.1, 0.15) is 5.78 Å². The molecule has 1 saturated heterocycles. The summed E-state index contributed by atoms with van der Waals surface area (Å²) in [6.45, 7) is 1.39. The van der Waals surface area contributed by atoms with E-state index in [0.29, 0.717) is 24.7 Å². The summed E-state index contributed by atoms with van der Waals surface area (Å²) in [5, 5.41) is 0.572. The van der Waals surface area contributed by atoms with E-state index in [1.165, 1.54) is 0 Å². The summed E-state index contributed by atoms with van der Waals surface area (Å²) in [6.07, 6.45) is 5.32. The van der Waals surface area contributed by atoms with E-state index in [1.54, 1.807) is 18.5 Å². The van der Waals surface area contributed by atoms with E-state index >= 15 is 0 Å². The molecule has 2 heterocycles. The minimum absolute atomic E-state index is 0.137. The van der Waals surface area contributed by atoms with Gasteiger partial charge in [0.15, 0.2) is 0 Å². The van der Waals surface area contributed by atoms with E-state index in [2.05, 4.69) is 4.98 Å². The van der Waals surface area contributed by atoms with Gasteiger partial charge >= 0.3 is 0 Å². The number of ketones is 1. The molecular weight excluding hydrogens is 226 g/mol. The van der Waals surface area contributed by atoms with Gasteiger partial charge in [0.05, 0.1) is 5.02 Å². The molecule has 0 saturated carbocycles. The standard InChI is InChI=1S/C12H14ClNO2/c13-11-8-14-4-1-10(11)7-12(15)9-2-5-16-6-3-9/h1,4,8-9H,2-3,5-7H2. The summed E-state index contributed by atoms with van der Waals surface area (Å²) in [5.74, 6) is 0.398. The van der Waals surface area contributed by atoms with Gasteiger partial charge in [0.25, 0.3) is 0 Å². The van der Waals surface area contributed by atoms with Gasteiger partial charge in [-0.2, -0.15) is 0 Å². The zero-order valence-electron chi connectivity index (χ0n) is 8.99. The minimum atomic E-state index is 0.137. The highest BCUT2D eigenvalue weighted by Crippen LogP contribution is 2.20. The topological polar surface area (TPSA) is 39.2 Å². The fraction of sp³-hybridized carbons (Fsp3) is 0.500. The third kappa shape index (κ3) is 2.80. The summed E-state index contributed by atoms with van der Waals surface area (Å²) in [4.78, 5) is 15.9. The number of ether oxygens (including phenoxy) is 1. The van der Waals surface area contributed by atoms with Crippen LogP contribution in [0.5, 0.6) is 0 Å². The lowest BCUT2D eigenvalue weighted by molar-refractivity contribution is -0.125. The summed E-state index contributed by atoms with van der Waals surface area (Å²) in [7, 11) is 0. The van der Waals surface area contributed by atoms with Crippen molar-refractivity contribution in [2.75, 3.05) is 13.2 Å². The van der Waals surface area contributed by atoms with Crippen molar-refractivity contribution in [1.29, 1.82) is 0 Å². The first-order chi connectivity index (χ1) is 7.77. The van der Waals surface area contributed by atoms with Gasteiger partial charge in [-0.05, 0) is 24.5 Å². The maximum absolute atomic E-state index is 12.0. The molecule has 0 amide bonds. The molecule has 0 bridgehead atoms. The number of hydrogen-bond acceptors (Lipinski definition) is 3. The van der Waals surface area contributed by atoms with Crippen LogP contribution < -0.4 is 0 Å². The Morgan fingerprint density at radius 2 is 2.25 bits per heavy atom. The molecule has 0 aromatic carbocycles. The minimum Gasteiger partial charge on any atom is -0.381 e. The predicted molar refractivity (Wildman–Crippen MR) is 61.5 cm³/mol. The molecule has 0 unspecified atom stereocenters. The average Bonchev–Trinajstić information content (AvgIpc) is 2.33. The number of carbonyl (C=O) groups excluding carboxylic acids is 1. The Bertz CT molecular complexity index is 375. The van der Waals surface area contributed by atoms with Gasteiger partial charge in [0, 0.05) is 37.9 Å². The summed E-state index contributed by atoms with van der Waals surface area (Å²) >= 11 is 5.97. The zero-order chi connectivity index (χ0) is 11.4. The molecular formula is C12H14ClNO2. The van der Waals surface area contributed by atoms with Crippen molar-refractivity contribution in [2.24, 2.45) is 5.92 Å². The van der Waals surface area contributed by atoms with Gasteiger partial charge in [-0.1, -0.05) is 11.6 Å². The van der Waals surface area contributed by atoms with E-state index < -0.39 is 0 Å². The largest absolute Gasteiger partial charge is 0.381 e. The molecule has 1 aromatic heterocycles. The quantitative estimate of drug-likeness (QED) is 0.812. The monoisotopic (exact) mass is 239 g/mol. The van der Waals surface area contributed by atoms with Crippen molar-refractivity contribution >= 4 is 17.4 Å². The van der Waals surface area contributed by atoms with Gasteiger partial charge in [-0.25, -0.2) is 0 Å². The Hall–Kier alpha value is -0.930. The van der Waals surface area contributed by atoms with Crippen LogP contribution in [0.3, 0.4) is 0 Å². The van der Waals surface area contributed by atoms with Crippen molar-refractivity contribution < 1.29 is 9.53 Å². The Labute approximate surface area is 99.8 Å². The van der Waals surface area contributed by atoms with Crippen LogP contribution in [0.15, 0.2) is 18.5 Å². The van der Waals surface area contributed by atoms with Crippen molar-refractivity contribution in [3.05, 3.63) is 29.0 Å². The molecule has 1 aliphatic rings. The molecule has 1 fully saturated rings. The third-order valence-electron chi connectivity index (χ3n) is 2.90. The van der Waals surface area contributed by atoms with Gasteiger partial charge in [-0.15, -0.1) is 0 Å². The van der Waals surface area contributed by atoms with E-state index in [1.807, 2.05) is 0 Å². The molecule has 3 nitrogen and oxygen atoms in total. The van der Waals surface area contributed by atoms with Crippen molar-refractivity contribution in [1.82, 2.24) is 4.98 Å². The number of rotatable bonds is 3. The van der Waals surface area contributed by atoms with E-state index in [0.717, 1.165) is 18.4 Å². The maximum atomic E-state index is 12.0. The van der Waals surface area contributed by atoms with Crippen LogP contribution in [0.4, 0.5) is 0 Å². The second-order valence-electron chi connectivity index (χ2n) is 4.00. The second kappa shape index (κ2) is 5.41. The van der Waals surface area contributed by atoms with Crippen LogP contribution in [-0.2, 0) is 16.0 Å². The van der Waals surface area contributed by atoms with Crippen LogP contribution in [-0.4, -0.2) is 24.0 Å². The van der Waals surface area contributed by atoms with Crippen LogP contribution >= 0.6 is 11.6 Å². The predicted octanol–water partition coefficient (Wildman–Crippen LogP) is 2.27. The van der Waals surface area contributed by atoms with Crippen molar-refractivity contribution in [2.45, 2.75) is 19.3 Å². The molecule has 4 heteroatoms. The maximum Gasteiger partial charge on any atom is 0.140 e. The van der Waals surface area contributed by atoms with Crippen LogP contribution in [0.25, 0.3) is 0 Å². The highest BCUT2D eigenvalue weighted by atomic mass is 35.5. The average molecular weight is 240 g/mol. The Morgan fingerprint density at radius 1 is 1.50 bits per heavy atom. The van der Waals surface area contributed by atoms with Crippen LogP contribution in [0.1, 0.15) is 18.4 Å². The van der Waals surface area contributed by atoms with E-state index in [4.69, 9.17) is 16.3 Å². The number of hydrogen-bond donors (Lipinski definition) is 0. The number of halogens is 1. The van der Waals surface area contributed by atoms with Crippen LogP contribution in [0.2, 0.25) is 5.02 Å². The number of nitrogens with zero attached hydrogens (tertiary/aromatic N) is 1. The Kier molecular flexibility index (Phi) is 3.91. The molecule has 1 aliphatic heterocycles. The molecule has 0 spiro atoms. The normalized spacial score (nSPS) is 17.3. The number of Topliss-reactive ketones (excluding diaryl/α,β-unsaturated/α-hetero) is 1. The second-order valence-corrected chi connectivity index (χ2v) is 4.40. The van der Waals surface area contributed by atoms with Gasteiger partial charge in [-0.3, -0.25) is 9.78 Å². The Balaban J connectivity index is 1.99. The zero-order valence-corrected chi connectivity index (χ0v) is 9.74. The van der Waals surface area contributed by atoms with Crippen LogP contribution in [0, 0.1) is 5.92 Å². The molecule has 0 atom stereocenters. The molecule has 1 aromatic rings. The molecule has 0 N–H and O–H groups in total. The molecule has 2 rings (SSSR count). The Morgan fingerprint density at radius 3 is 2.94 bits per heavy atom. The number of carbonyl (C=O) groups is 1. The fourth-order valence-corrected chi connectivity index (χ4v) is 2.09. The SMILES string of the molecule is O=C(Cc1ccncc1Cl)C1CCOCC1. The molecule has 16 heavy (non-hydrogen) atoms. The lowest BCUT2D eigenvalue weighted by atomic mass is 9.92. The molecule has 0 aliphatic carbocycles. The first-order valence-corrected chi connectivity index (χ1v) is 5.84.